The largest absolute Gasteiger partial charge is 0.493 e. The summed E-state index contributed by atoms with van der Waals surface area (Å²) < 4.78 is 17.0. The molecule has 1 aliphatic heterocycles. The van der Waals surface area contributed by atoms with E-state index in [9.17, 15) is 24.5 Å². The van der Waals surface area contributed by atoms with E-state index in [0.29, 0.717) is 35.0 Å². The quantitative estimate of drug-likeness (QED) is 0.106. The number of ether oxygens (including phenoxy) is 3. The van der Waals surface area contributed by atoms with E-state index in [0.717, 1.165) is 16.0 Å². The lowest BCUT2D eigenvalue weighted by Crippen LogP contribution is -2.54. The average Bonchev–Trinajstić information content (AvgIpc) is 3.02. The minimum atomic E-state index is -0.868. The van der Waals surface area contributed by atoms with Crippen LogP contribution in [0.15, 0.2) is 96.6 Å². The molecule has 222 valence electrons. The highest BCUT2D eigenvalue weighted by Gasteiger charge is 2.36. The first-order valence-corrected chi connectivity index (χ1v) is 13.5. The first-order valence-electron chi connectivity index (χ1n) is 13.5. The maximum atomic E-state index is 13.4. The molecule has 0 saturated carbocycles. The molecular formula is C33H27N3O8. The van der Waals surface area contributed by atoms with Crippen LogP contribution in [-0.4, -0.2) is 29.9 Å². The Labute approximate surface area is 252 Å². The van der Waals surface area contributed by atoms with Crippen LogP contribution in [0.1, 0.15) is 22.3 Å². The molecular weight excluding hydrogens is 566 g/mol. The summed E-state index contributed by atoms with van der Waals surface area (Å²) in [7, 11) is 1.43. The van der Waals surface area contributed by atoms with Crippen LogP contribution in [0.3, 0.4) is 0 Å². The van der Waals surface area contributed by atoms with Gasteiger partial charge < -0.3 is 14.2 Å². The Hall–Kier alpha value is -5.97. The number of urea groups is 1. The monoisotopic (exact) mass is 593 g/mol. The smallest absolute Gasteiger partial charge is 0.335 e. The number of nitrogens with zero attached hydrogens (tertiary/aromatic N) is 2. The number of carbonyl (C=O) groups excluding carboxylic acids is 3. The summed E-state index contributed by atoms with van der Waals surface area (Å²) in [6.45, 7) is 2.41. The standard InChI is InChI=1S/C33H27N3O8/c1-21-6-8-22(9-7-21)19-43-27-13-11-25(12-14-27)35-32(38)28(31(37)34-33(35)39)17-23-10-15-29(30(18-23)42-2)44-20-24-4-3-5-26(16-24)36(40)41/h3-18H,19-20H2,1-2H3,(H,34,37,39)/b28-17+. The third kappa shape index (κ3) is 6.73. The highest BCUT2D eigenvalue weighted by molar-refractivity contribution is 6.39. The van der Waals surface area contributed by atoms with Crippen molar-refractivity contribution < 1.29 is 33.5 Å². The Kier molecular flexibility index (Phi) is 8.66. The van der Waals surface area contributed by atoms with Crippen LogP contribution in [0.2, 0.25) is 0 Å². The van der Waals surface area contributed by atoms with E-state index in [1.807, 2.05) is 31.2 Å². The van der Waals surface area contributed by atoms with E-state index in [1.54, 1.807) is 54.6 Å². The molecule has 0 aromatic heterocycles. The minimum Gasteiger partial charge on any atom is -0.493 e. The van der Waals surface area contributed by atoms with E-state index in [-0.39, 0.29) is 23.6 Å². The van der Waals surface area contributed by atoms with Crippen LogP contribution in [0.5, 0.6) is 17.2 Å². The number of rotatable bonds is 10. The molecule has 1 N–H and O–H groups in total. The number of hydrogen-bond acceptors (Lipinski definition) is 8. The molecule has 0 bridgehead atoms. The molecule has 0 radical (unpaired) electrons. The van der Waals surface area contributed by atoms with Gasteiger partial charge in [0, 0.05) is 12.1 Å². The molecule has 4 aromatic rings. The number of non-ortho nitro benzene ring substituents is 1. The first-order chi connectivity index (χ1) is 21.2. The van der Waals surface area contributed by atoms with Gasteiger partial charge >= 0.3 is 6.03 Å². The molecule has 1 saturated heterocycles. The van der Waals surface area contributed by atoms with Crippen molar-refractivity contribution in [2.45, 2.75) is 20.1 Å². The molecule has 0 aliphatic carbocycles. The second-order valence-corrected chi connectivity index (χ2v) is 9.85. The summed E-state index contributed by atoms with van der Waals surface area (Å²) in [4.78, 5) is 50.2. The maximum Gasteiger partial charge on any atom is 0.335 e. The van der Waals surface area contributed by atoms with Gasteiger partial charge in [-0.3, -0.25) is 25.0 Å². The van der Waals surface area contributed by atoms with Gasteiger partial charge in [-0.25, -0.2) is 9.69 Å². The Morgan fingerprint density at radius 2 is 1.57 bits per heavy atom. The number of imide groups is 2. The zero-order valence-electron chi connectivity index (χ0n) is 23.8. The van der Waals surface area contributed by atoms with Gasteiger partial charge in [-0.1, -0.05) is 48.0 Å². The van der Waals surface area contributed by atoms with E-state index in [1.165, 1.54) is 25.3 Å². The van der Waals surface area contributed by atoms with E-state index in [4.69, 9.17) is 14.2 Å². The molecule has 1 aliphatic rings. The number of amides is 4. The number of nitro groups is 1. The number of nitrogens with one attached hydrogen (secondary N) is 1. The molecule has 4 amide bonds. The van der Waals surface area contributed by atoms with E-state index in [2.05, 4.69) is 5.32 Å². The van der Waals surface area contributed by atoms with E-state index >= 15 is 0 Å². The van der Waals surface area contributed by atoms with Gasteiger partial charge in [0.25, 0.3) is 17.5 Å². The zero-order chi connectivity index (χ0) is 31.2. The highest BCUT2D eigenvalue weighted by Crippen LogP contribution is 2.31. The number of methoxy groups -OCH3 is 1. The summed E-state index contributed by atoms with van der Waals surface area (Å²) in [5, 5.41) is 13.3. The van der Waals surface area contributed by atoms with Crippen molar-refractivity contribution in [1.82, 2.24) is 5.32 Å². The normalized spacial score (nSPS) is 13.9. The number of benzene rings is 4. The molecule has 0 unspecified atom stereocenters. The lowest BCUT2D eigenvalue weighted by molar-refractivity contribution is -0.384. The predicted molar refractivity (Wildman–Crippen MR) is 161 cm³/mol. The topological polar surface area (TPSA) is 137 Å². The van der Waals surface area contributed by atoms with Crippen molar-refractivity contribution in [2.75, 3.05) is 12.0 Å². The summed E-state index contributed by atoms with van der Waals surface area (Å²) in [6, 6.07) is 24.3. The fraction of sp³-hybridized carbons (Fsp3) is 0.121. The van der Waals surface area contributed by atoms with Crippen molar-refractivity contribution >= 4 is 35.3 Å². The average molecular weight is 594 g/mol. The molecule has 11 heteroatoms. The van der Waals surface area contributed by atoms with E-state index < -0.39 is 22.8 Å². The number of barbiturate groups is 1. The Bertz CT molecular complexity index is 1770. The lowest BCUT2D eigenvalue weighted by atomic mass is 10.1. The van der Waals surface area contributed by atoms with Crippen LogP contribution in [0.4, 0.5) is 16.2 Å². The third-order valence-electron chi connectivity index (χ3n) is 6.74. The lowest BCUT2D eigenvalue weighted by Gasteiger charge is -2.26. The molecule has 4 aromatic carbocycles. The van der Waals surface area contributed by atoms with Gasteiger partial charge in [0.1, 0.15) is 24.5 Å². The summed E-state index contributed by atoms with van der Waals surface area (Å²) >= 11 is 0. The number of nitro benzene ring substituents is 1. The van der Waals surface area contributed by atoms with Crippen LogP contribution < -0.4 is 24.4 Å². The van der Waals surface area contributed by atoms with Crippen molar-refractivity contribution in [3.63, 3.8) is 0 Å². The molecule has 1 heterocycles. The molecule has 11 nitrogen and oxygen atoms in total. The minimum absolute atomic E-state index is 0.0478. The second-order valence-electron chi connectivity index (χ2n) is 9.85. The summed E-state index contributed by atoms with van der Waals surface area (Å²) in [5.41, 5.74) is 3.13. The second kappa shape index (κ2) is 12.9. The molecule has 0 spiro atoms. The van der Waals surface area contributed by atoms with Gasteiger partial charge in [-0.2, -0.15) is 0 Å². The fourth-order valence-electron chi connectivity index (χ4n) is 4.42. The summed E-state index contributed by atoms with van der Waals surface area (Å²) in [5.74, 6) is -0.424. The first kappa shape index (κ1) is 29.5. The van der Waals surface area contributed by atoms with Crippen LogP contribution >= 0.6 is 0 Å². The number of anilines is 1. The zero-order valence-corrected chi connectivity index (χ0v) is 23.8. The predicted octanol–water partition coefficient (Wildman–Crippen LogP) is 5.74. The van der Waals surface area contributed by atoms with Gasteiger partial charge in [0.05, 0.1) is 17.7 Å². The van der Waals surface area contributed by atoms with Crippen molar-refractivity contribution in [3.8, 4) is 17.2 Å². The van der Waals surface area contributed by atoms with Crippen LogP contribution in [0, 0.1) is 17.0 Å². The maximum absolute atomic E-state index is 13.4. The molecule has 0 atom stereocenters. The van der Waals surface area contributed by atoms with Gasteiger partial charge in [0.2, 0.25) is 0 Å². The fourth-order valence-corrected chi connectivity index (χ4v) is 4.42. The SMILES string of the molecule is COc1cc(/C=C2\C(=O)NC(=O)N(c3ccc(OCc4ccc(C)cc4)cc3)C2=O)ccc1OCc1cccc([N+](=O)[O-])c1. The van der Waals surface area contributed by atoms with Gasteiger partial charge in [-0.05, 0) is 66.1 Å². The van der Waals surface area contributed by atoms with Gasteiger partial charge in [0.15, 0.2) is 11.5 Å². The van der Waals surface area contributed by atoms with Crippen molar-refractivity contribution in [3.05, 3.63) is 129 Å². The number of hydrogen-bond donors (Lipinski definition) is 1. The Balaban J connectivity index is 1.30. The van der Waals surface area contributed by atoms with Crippen LogP contribution in [0.25, 0.3) is 6.08 Å². The van der Waals surface area contributed by atoms with Crippen molar-refractivity contribution in [2.24, 2.45) is 0 Å². The Morgan fingerprint density at radius 3 is 2.27 bits per heavy atom. The summed E-state index contributed by atoms with van der Waals surface area (Å²) in [6.07, 6.45) is 1.35. The molecule has 44 heavy (non-hydrogen) atoms. The third-order valence-corrected chi connectivity index (χ3v) is 6.74. The number of aryl methyl sites for hydroxylation is 1. The van der Waals surface area contributed by atoms with Crippen LogP contribution in [-0.2, 0) is 22.8 Å². The highest BCUT2D eigenvalue weighted by atomic mass is 16.6. The van der Waals surface area contributed by atoms with Gasteiger partial charge in [-0.15, -0.1) is 0 Å². The van der Waals surface area contributed by atoms with Crippen molar-refractivity contribution in [1.29, 1.82) is 0 Å². The molecule has 5 rings (SSSR count). The number of carbonyl (C=O) groups is 3. The molecule has 1 fully saturated rings. The Morgan fingerprint density at radius 1 is 0.841 bits per heavy atom.